The maximum atomic E-state index is 12.6. The molecule has 2 nitrogen and oxygen atoms in total. The van der Waals surface area contributed by atoms with E-state index in [2.05, 4.69) is 4.99 Å². The number of rotatable bonds is 3. The van der Waals surface area contributed by atoms with Crippen molar-refractivity contribution in [1.82, 2.24) is 0 Å². The first kappa shape index (κ1) is 8.41. The van der Waals surface area contributed by atoms with E-state index in [1.165, 1.54) is 18.9 Å². The minimum atomic E-state index is -1.31. The summed E-state index contributed by atoms with van der Waals surface area (Å²) in [5.74, 6) is 0.446. The van der Waals surface area contributed by atoms with Crippen LogP contribution in [0.5, 0.6) is 0 Å². The fourth-order valence-corrected chi connectivity index (χ4v) is 1.63. The molecule has 0 saturated heterocycles. The molecule has 1 aliphatic carbocycles. The minimum Gasteiger partial charge on any atom is -0.221 e. The molecular formula is C8H12FNO. The molecule has 0 amide bonds. The lowest BCUT2D eigenvalue weighted by atomic mass is 10.0. The Morgan fingerprint density at radius 1 is 1.55 bits per heavy atom. The Kier molecular flexibility index (Phi) is 3.24. The van der Waals surface area contributed by atoms with Crippen LogP contribution in [-0.4, -0.2) is 12.4 Å². The number of hydrogen-bond acceptors (Lipinski definition) is 2. The van der Waals surface area contributed by atoms with Crippen molar-refractivity contribution >= 4 is 6.08 Å². The van der Waals surface area contributed by atoms with E-state index in [-0.39, 0.29) is 0 Å². The number of alkyl halides is 1. The fraction of sp³-hybridized carbons (Fsp3) is 0.875. The molecule has 0 heterocycles. The summed E-state index contributed by atoms with van der Waals surface area (Å²) in [5.41, 5.74) is 0. The van der Waals surface area contributed by atoms with Gasteiger partial charge in [0.25, 0.3) is 0 Å². The highest BCUT2D eigenvalue weighted by atomic mass is 19.1. The summed E-state index contributed by atoms with van der Waals surface area (Å²) in [4.78, 5) is 12.7. The zero-order valence-corrected chi connectivity index (χ0v) is 6.42. The number of halogens is 1. The lowest BCUT2D eigenvalue weighted by Crippen LogP contribution is -2.03. The molecule has 0 N–H and O–H groups in total. The molecule has 0 bridgehead atoms. The third-order valence-electron chi connectivity index (χ3n) is 2.20. The average Bonchev–Trinajstić information content (AvgIpc) is 2.40. The van der Waals surface area contributed by atoms with Gasteiger partial charge in [0.2, 0.25) is 12.4 Å². The summed E-state index contributed by atoms with van der Waals surface area (Å²) in [5, 5.41) is 0. The molecule has 1 atom stereocenters. The monoisotopic (exact) mass is 157 g/mol. The number of isocyanates is 1. The molecule has 1 aliphatic rings. The summed E-state index contributed by atoms with van der Waals surface area (Å²) < 4.78 is 12.6. The van der Waals surface area contributed by atoms with Crippen molar-refractivity contribution in [1.29, 1.82) is 0 Å². The third-order valence-corrected chi connectivity index (χ3v) is 2.20. The number of hydrogen-bond donors (Lipinski definition) is 0. The second-order valence-electron chi connectivity index (χ2n) is 3.04. The van der Waals surface area contributed by atoms with Crippen LogP contribution in [0.1, 0.15) is 32.1 Å². The highest BCUT2D eigenvalue weighted by molar-refractivity contribution is 5.33. The summed E-state index contributed by atoms with van der Waals surface area (Å²) in [6.45, 7) is 0. The van der Waals surface area contributed by atoms with Crippen LogP contribution in [0.4, 0.5) is 4.39 Å². The molecule has 1 unspecified atom stereocenters. The molecule has 0 aromatic carbocycles. The highest BCUT2D eigenvalue weighted by Gasteiger charge is 2.18. The van der Waals surface area contributed by atoms with Gasteiger partial charge in [0.1, 0.15) is 0 Å². The van der Waals surface area contributed by atoms with Crippen molar-refractivity contribution in [2.45, 2.75) is 38.4 Å². The van der Waals surface area contributed by atoms with E-state index in [9.17, 15) is 9.18 Å². The molecule has 0 radical (unpaired) electrons. The van der Waals surface area contributed by atoms with Gasteiger partial charge in [-0.05, 0) is 5.92 Å². The number of carbonyl (C=O) groups excluding carboxylic acids is 1. The van der Waals surface area contributed by atoms with E-state index in [0.29, 0.717) is 12.3 Å². The van der Waals surface area contributed by atoms with Gasteiger partial charge in [0.05, 0.1) is 0 Å². The van der Waals surface area contributed by atoms with Crippen LogP contribution in [0.15, 0.2) is 4.99 Å². The predicted molar refractivity (Wildman–Crippen MR) is 39.6 cm³/mol. The Labute approximate surface area is 65.5 Å². The molecule has 0 aliphatic heterocycles. The van der Waals surface area contributed by atoms with Crippen LogP contribution in [0.25, 0.3) is 0 Å². The van der Waals surface area contributed by atoms with E-state index in [1.807, 2.05) is 0 Å². The molecule has 62 valence electrons. The van der Waals surface area contributed by atoms with Crippen LogP contribution in [-0.2, 0) is 4.79 Å². The van der Waals surface area contributed by atoms with Gasteiger partial charge < -0.3 is 0 Å². The first-order valence-electron chi connectivity index (χ1n) is 4.04. The number of nitrogens with zero attached hydrogens (tertiary/aromatic N) is 1. The van der Waals surface area contributed by atoms with Crippen LogP contribution < -0.4 is 0 Å². The van der Waals surface area contributed by atoms with Crippen LogP contribution >= 0.6 is 0 Å². The van der Waals surface area contributed by atoms with Gasteiger partial charge in [-0.1, -0.05) is 25.7 Å². The summed E-state index contributed by atoms with van der Waals surface area (Å²) >= 11 is 0. The van der Waals surface area contributed by atoms with E-state index in [4.69, 9.17) is 0 Å². The van der Waals surface area contributed by atoms with Gasteiger partial charge in [-0.15, -0.1) is 0 Å². The standard InChI is InChI=1S/C8H12FNO/c9-8(10-6-11)5-7-3-1-2-4-7/h7-8H,1-5H2. The second-order valence-corrected chi connectivity index (χ2v) is 3.04. The number of aliphatic imine (C=N–C) groups is 1. The SMILES string of the molecule is O=C=NC(F)CC1CCCC1. The van der Waals surface area contributed by atoms with E-state index in [0.717, 1.165) is 12.8 Å². The molecule has 3 heteroatoms. The first-order valence-corrected chi connectivity index (χ1v) is 4.04. The minimum absolute atomic E-state index is 0.412. The highest BCUT2D eigenvalue weighted by Crippen LogP contribution is 2.29. The molecule has 0 spiro atoms. The summed E-state index contributed by atoms with van der Waals surface area (Å²) in [7, 11) is 0. The maximum absolute atomic E-state index is 12.6. The largest absolute Gasteiger partial charge is 0.237 e. The summed E-state index contributed by atoms with van der Waals surface area (Å²) in [6, 6.07) is 0. The van der Waals surface area contributed by atoms with Crippen molar-refractivity contribution in [3.05, 3.63) is 0 Å². The summed E-state index contributed by atoms with van der Waals surface area (Å²) in [6.07, 6.45) is 4.92. The van der Waals surface area contributed by atoms with Crippen molar-refractivity contribution in [3.63, 3.8) is 0 Å². The van der Waals surface area contributed by atoms with Crippen molar-refractivity contribution in [3.8, 4) is 0 Å². The Hall–Kier alpha value is -0.690. The Bertz CT molecular complexity index is 159. The van der Waals surface area contributed by atoms with Gasteiger partial charge in [0, 0.05) is 6.42 Å². The second kappa shape index (κ2) is 4.24. The topological polar surface area (TPSA) is 29.4 Å². The van der Waals surface area contributed by atoms with Crippen LogP contribution in [0.2, 0.25) is 0 Å². The lowest BCUT2D eigenvalue weighted by molar-refractivity contribution is 0.278. The van der Waals surface area contributed by atoms with Crippen molar-refractivity contribution < 1.29 is 9.18 Å². The zero-order chi connectivity index (χ0) is 8.10. The van der Waals surface area contributed by atoms with E-state index in [1.54, 1.807) is 0 Å². The molecule has 11 heavy (non-hydrogen) atoms. The molecule has 1 rings (SSSR count). The van der Waals surface area contributed by atoms with Gasteiger partial charge in [0.15, 0.2) is 0 Å². The smallest absolute Gasteiger partial charge is 0.221 e. The third kappa shape index (κ3) is 2.81. The first-order chi connectivity index (χ1) is 5.33. The molecule has 0 aromatic heterocycles. The van der Waals surface area contributed by atoms with Gasteiger partial charge >= 0.3 is 0 Å². The Morgan fingerprint density at radius 2 is 2.18 bits per heavy atom. The van der Waals surface area contributed by atoms with Gasteiger partial charge in [-0.3, -0.25) is 0 Å². The molecule has 1 fully saturated rings. The molecular weight excluding hydrogens is 145 g/mol. The average molecular weight is 157 g/mol. The Morgan fingerprint density at radius 3 is 2.73 bits per heavy atom. The quantitative estimate of drug-likeness (QED) is 0.351. The van der Waals surface area contributed by atoms with Gasteiger partial charge in [-0.2, -0.15) is 4.99 Å². The van der Waals surface area contributed by atoms with E-state index >= 15 is 0 Å². The van der Waals surface area contributed by atoms with Crippen molar-refractivity contribution in [2.75, 3.05) is 0 Å². The Balaban J connectivity index is 2.23. The molecule has 1 saturated carbocycles. The fourth-order valence-electron chi connectivity index (χ4n) is 1.63. The van der Waals surface area contributed by atoms with Crippen LogP contribution in [0.3, 0.4) is 0 Å². The van der Waals surface area contributed by atoms with Crippen molar-refractivity contribution in [2.24, 2.45) is 10.9 Å². The van der Waals surface area contributed by atoms with Crippen LogP contribution in [0, 0.1) is 5.92 Å². The van der Waals surface area contributed by atoms with E-state index < -0.39 is 6.30 Å². The lowest BCUT2D eigenvalue weighted by Gasteiger charge is -2.07. The van der Waals surface area contributed by atoms with Gasteiger partial charge in [-0.25, -0.2) is 9.18 Å². The normalized spacial score (nSPS) is 21.2. The molecule has 0 aromatic rings. The zero-order valence-electron chi connectivity index (χ0n) is 6.42. The maximum Gasteiger partial charge on any atom is 0.237 e. The predicted octanol–water partition coefficient (Wildman–Crippen LogP) is 2.20.